The molecule has 0 aromatic heterocycles. The van der Waals surface area contributed by atoms with Crippen LogP contribution in [-0.4, -0.2) is 32.8 Å². The number of ether oxygens (including phenoxy) is 2. The zero-order valence-corrected chi connectivity index (χ0v) is 12.0. The third-order valence-electron chi connectivity index (χ3n) is 2.81. The minimum absolute atomic E-state index is 0.279. The monoisotopic (exact) mass is 335 g/mol. The SMILES string of the molecule is FC(F)COCCNCc1cc(Br)cc2c1OCC2. The van der Waals surface area contributed by atoms with E-state index in [1.165, 1.54) is 5.56 Å². The van der Waals surface area contributed by atoms with Gasteiger partial charge in [-0.3, -0.25) is 0 Å². The molecule has 106 valence electrons. The van der Waals surface area contributed by atoms with Gasteiger partial charge in [-0.25, -0.2) is 8.78 Å². The lowest BCUT2D eigenvalue weighted by atomic mass is 10.1. The summed E-state index contributed by atoms with van der Waals surface area (Å²) in [6.45, 7) is 1.67. The quantitative estimate of drug-likeness (QED) is 0.777. The maximum Gasteiger partial charge on any atom is 0.261 e. The van der Waals surface area contributed by atoms with E-state index in [-0.39, 0.29) is 6.61 Å². The molecule has 0 saturated carbocycles. The molecule has 1 aliphatic rings. The van der Waals surface area contributed by atoms with Gasteiger partial charge in [-0.2, -0.15) is 0 Å². The van der Waals surface area contributed by atoms with Crippen molar-refractivity contribution < 1.29 is 18.3 Å². The van der Waals surface area contributed by atoms with Crippen LogP contribution in [0.2, 0.25) is 0 Å². The van der Waals surface area contributed by atoms with Crippen molar-refractivity contribution in [2.24, 2.45) is 0 Å². The van der Waals surface area contributed by atoms with E-state index >= 15 is 0 Å². The minimum atomic E-state index is -2.40. The molecular formula is C13H16BrF2NO2. The van der Waals surface area contributed by atoms with E-state index in [1.807, 2.05) is 6.07 Å². The molecule has 0 aliphatic carbocycles. The second-order valence-corrected chi connectivity index (χ2v) is 5.21. The molecule has 1 aliphatic heterocycles. The van der Waals surface area contributed by atoms with Crippen LogP contribution in [0.25, 0.3) is 0 Å². The van der Waals surface area contributed by atoms with Crippen molar-refractivity contribution in [2.75, 3.05) is 26.4 Å². The predicted octanol–water partition coefficient (Wildman–Crippen LogP) is 2.76. The first kappa shape index (κ1) is 14.7. The lowest BCUT2D eigenvalue weighted by Crippen LogP contribution is -2.21. The second kappa shape index (κ2) is 7.17. The Bertz CT molecular complexity index is 429. The summed E-state index contributed by atoms with van der Waals surface area (Å²) in [5.41, 5.74) is 2.29. The van der Waals surface area contributed by atoms with Crippen molar-refractivity contribution >= 4 is 15.9 Å². The maximum atomic E-state index is 11.8. The standard InChI is InChI=1S/C13H16BrF2NO2/c14-11-5-9-1-3-19-13(9)10(6-11)7-17-2-4-18-8-12(15)16/h5-6,12,17H,1-4,7-8H2. The van der Waals surface area contributed by atoms with Crippen LogP contribution in [0, 0.1) is 0 Å². The number of hydrogen-bond acceptors (Lipinski definition) is 3. The topological polar surface area (TPSA) is 30.5 Å². The summed E-state index contributed by atoms with van der Waals surface area (Å²) in [7, 11) is 0. The normalized spacial score (nSPS) is 13.7. The summed E-state index contributed by atoms with van der Waals surface area (Å²) in [5, 5.41) is 3.16. The van der Waals surface area contributed by atoms with Gasteiger partial charge in [0, 0.05) is 29.5 Å². The van der Waals surface area contributed by atoms with Gasteiger partial charge in [-0.1, -0.05) is 15.9 Å². The van der Waals surface area contributed by atoms with Gasteiger partial charge in [0.25, 0.3) is 6.43 Å². The Kier molecular flexibility index (Phi) is 5.54. The van der Waals surface area contributed by atoms with Crippen LogP contribution in [-0.2, 0) is 17.7 Å². The fraction of sp³-hybridized carbons (Fsp3) is 0.538. The highest BCUT2D eigenvalue weighted by Gasteiger charge is 2.16. The highest BCUT2D eigenvalue weighted by atomic mass is 79.9. The van der Waals surface area contributed by atoms with Crippen LogP contribution in [0.3, 0.4) is 0 Å². The third kappa shape index (κ3) is 4.40. The Morgan fingerprint density at radius 1 is 1.42 bits per heavy atom. The average molecular weight is 336 g/mol. The molecule has 3 nitrogen and oxygen atoms in total. The third-order valence-corrected chi connectivity index (χ3v) is 3.27. The van der Waals surface area contributed by atoms with Gasteiger partial charge in [-0.05, 0) is 17.7 Å². The number of rotatable bonds is 7. The average Bonchev–Trinajstić information content (AvgIpc) is 2.80. The van der Waals surface area contributed by atoms with E-state index in [0.29, 0.717) is 13.1 Å². The summed E-state index contributed by atoms with van der Waals surface area (Å²) in [6, 6.07) is 4.08. The molecule has 0 radical (unpaired) electrons. The number of halogens is 3. The zero-order valence-electron chi connectivity index (χ0n) is 10.4. The summed E-state index contributed by atoms with van der Waals surface area (Å²) in [6.07, 6.45) is -1.47. The zero-order chi connectivity index (χ0) is 13.7. The second-order valence-electron chi connectivity index (χ2n) is 4.29. The Balaban J connectivity index is 1.77. The van der Waals surface area contributed by atoms with Crippen molar-refractivity contribution in [1.29, 1.82) is 0 Å². The maximum absolute atomic E-state index is 11.8. The Hall–Kier alpha value is -0.720. The van der Waals surface area contributed by atoms with Crippen molar-refractivity contribution in [3.8, 4) is 5.75 Å². The Morgan fingerprint density at radius 3 is 3.05 bits per heavy atom. The van der Waals surface area contributed by atoms with E-state index < -0.39 is 13.0 Å². The summed E-state index contributed by atoms with van der Waals surface area (Å²) in [5.74, 6) is 0.948. The van der Waals surface area contributed by atoms with Gasteiger partial charge in [0.1, 0.15) is 12.4 Å². The summed E-state index contributed by atoms with van der Waals surface area (Å²) >= 11 is 3.47. The molecular weight excluding hydrogens is 320 g/mol. The number of benzene rings is 1. The van der Waals surface area contributed by atoms with Gasteiger partial charge in [0.2, 0.25) is 0 Å². The van der Waals surface area contributed by atoms with Crippen LogP contribution in [0.4, 0.5) is 8.78 Å². The summed E-state index contributed by atoms with van der Waals surface area (Å²) < 4.78 is 35.1. The van der Waals surface area contributed by atoms with Gasteiger partial charge in [0.05, 0.1) is 13.2 Å². The Morgan fingerprint density at radius 2 is 2.26 bits per heavy atom. The van der Waals surface area contributed by atoms with Crippen molar-refractivity contribution in [1.82, 2.24) is 5.32 Å². The molecule has 0 atom stereocenters. The molecule has 1 heterocycles. The van der Waals surface area contributed by atoms with Crippen molar-refractivity contribution in [3.05, 3.63) is 27.7 Å². The Labute approximate surface area is 119 Å². The van der Waals surface area contributed by atoms with Gasteiger partial charge >= 0.3 is 0 Å². The van der Waals surface area contributed by atoms with Crippen LogP contribution < -0.4 is 10.1 Å². The van der Waals surface area contributed by atoms with Gasteiger partial charge in [0.15, 0.2) is 0 Å². The number of nitrogens with one attached hydrogen (secondary N) is 1. The molecule has 0 bridgehead atoms. The fourth-order valence-corrected chi connectivity index (χ4v) is 2.57. The molecule has 1 aromatic rings. The molecule has 19 heavy (non-hydrogen) atoms. The van der Waals surface area contributed by atoms with Crippen LogP contribution >= 0.6 is 15.9 Å². The van der Waals surface area contributed by atoms with Gasteiger partial charge < -0.3 is 14.8 Å². The van der Waals surface area contributed by atoms with E-state index in [2.05, 4.69) is 27.3 Å². The van der Waals surface area contributed by atoms with Gasteiger partial charge in [-0.15, -0.1) is 0 Å². The first-order chi connectivity index (χ1) is 9.16. The molecule has 0 unspecified atom stereocenters. The minimum Gasteiger partial charge on any atom is -0.493 e. The van der Waals surface area contributed by atoms with E-state index in [0.717, 1.165) is 28.8 Å². The van der Waals surface area contributed by atoms with Crippen molar-refractivity contribution in [2.45, 2.75) is 19.4 Å². The molecule has 0 spiro atoms. The molecule has 2 rings (SSSR count). The van der Waals surface area contributed by atoms with Crippen LogP contribution in [0.1, 0.15) is 11.1 Å². The molecule has 0 fully saturated rings. The lowest BCUT2D eigenvalue weighted by molar-refractivity contribution is 0.0187. The van der Waals surface area contributed by atoms with E-state index in [4.69, 9.17) is 9.47 Å². The van der Waals surface area contributed by atoms with E-state index in [1.54, 1.807) is 0 Å². The molecule has 0 amide bonds. The van der Waals surface area contributed by atoms with Crippen molar-refractivity contribution in [3.63, 3.8) is 0 Å². The van der Waals surface area contributed by atoms with E-state index in [9.17, 15) is 8.78 Å². The molecule has 1 aromatic carbocycles. The number of fused-ring (bicyclic) bond motifs is 1. The lowest BCUT2D eigenvalue weighted by Gasteiger charge is -2.10. The first-order valence-electron chi connectivity index (χ1n) is 6.17. The van der Waals surface area contributed by atoms with Crippen LogP contribution in [0.15, 0.2) is 16.6 Å². The predicted molar refractivity (Wildman–Crippen MR) is 71.9 cm³/mol. The number of hydrogen-bond donors (Lipinski definition) is 1. The summed E-state index contributed by atoms with van der Waals surface area (Å²) in [4.78, 5) is 0. The first-order valence-corrected chi connectivity index (χ1v) is 6.97. The fourth-order valence-electron chi connectivity index (χ4n) is 2.02. The largest absolute Gasteiger partial charge is 0.493 e. The molecule has 6 heteroatoms. The molecule has 1 N–H and O–H groups in total. The van der Waals surface area contributed by atoms with Crippen LogP contribution in [0.5, 0.6) is 5.75 Å². The highest BCUT2D eigenvalue weighted by Crippen LogP contribution is 2.32. The number of alkyl halides is 2. The highest BCUT2D eigenvalue weighted by molar-refractivity contribution is 9.10. The molecule has 0 saturated heterocycles. The smallest absolute Gasteiger partial charge is 0.261 e.